The summed E-state index contributed by atoms with van der Waals surface area (Å²) in [6.45, 7) is 1.17. The van der Waals surface area contributed by atoms with Crippen LogP contribution in [-0.2, 0) is 11.3 Å². The number of benzene rings is 1. The molecule has 0 bridgehead atoms. The van der Waals surface area contributed by atoms with Gasteiger partial charge in [-0.15, -0.1) is 0 Å². The van der Waals surface area contributed by atoms with Crippen molar-refractivity contribution >= 4 is 5.78 Å². The molecule has 3 nitrogen and oxygen atoms in total. The third-order valence-electron chi connectivity index (χ3n) is 2.24. The van der Waals surface area contributed by atoms with Gasteiger partial charge in [0.05, 0.1) is 0 Å². The van der Waals surface area contributed by atoms with E-state index in [1.165, 1.54) is 5.56 Å². The molecular weight excluding hydrogens is 190 g/mol. The highest BCUT2D eigenvalue weighted by Gasteiger charge is 2.03. The van der Waals surface area contributed by atoms with Crippen molar-refractivity contribution in [2.45, 2.75) is 13.0 Å². The first-order valence-electron chi connectivity index (χ1n) is 5.07. The number of nitrogens with zero attached hydrogens (tertiary/aromatic N) is 1. The van der Waals surface area contributed by atoms with Crippen LogP contribution in [0.1, 0.15) is 12.0 Å². The zero-order chi connectivity index (χ0) is 11.1. The normalized spacial score (nSPS) is 10.6. The Morgan fingerprint density at radius 2 is 2.00 bits per heavy atom. The van der Waals surface area contributed by atoms with E-state index in [0.29, 0.717) is 13.0 Å². The highest BCUT2D eigenvalue weighted by Crippen LogP contribution is 2.02. The van der Waals surface area contributed by atoms with Gasteiger partial charge in [0.15, 0.2) is 5.78 Å². The van der Waals surface area contributed by atoms with Gasteiger partial charge in [0.1, 0.15) is 6.61 Å². The molecule has 1 aromatic rings. The van der Waals surface area contributed by atoms with Crippen LogP contribution in [0.2, 0.25) is 0 Å². The number of Topliss-reactive ketones (excluding diaryl/α,β-unsaturated/α-hetero) is 1. The summed E-state index contributed by atoms with van der Waals surface area (Å²) in [5.74, 6) is -0.102. The molecule has 1 rings (SSSR count). The van der Waals surface area contributed by atoms with Crippen LogP contribution in [-0.4, -0.2) is 36.0 Å². The van der Waals surface area contributed by atoms with E-state index in [0.717, 1.165) is 6.54 Å². The number of carbonyl (C=O) groups excluding carboxylic acids is 1. The molecule has 0 aliphatic rings. The molecule has 0 amide bonds. The first-order valence-corrected chi connectivity index (χ1v) is 5.07. The van der Waals surface area contributed by atoms with Crippen LogP contribution in [0.4, 0.5) is 0 Å². The maximum Gasteiger partial charge on any atom is 0.159 e. The zero-order valence-electron chi connectivity index (χ0n) is 9.02. The Hall–Kier alpha value is -1.19. The number of aliphatic hydroxyl groups excluding tert-OH is 1. The summed E-state index contributed by atoms with van der Waals surface area (Å²) in [7, 11) is 1.97. The second kappa shape index (κ2) is 6.32. The van der Waals surface area contributed by atoms with Crippen molar-refractivity contribution in [1.82, 2.24) is 4.90 Å². The largest absolute Gasteiger partial charge is 0.389 e. The highest BCUT2D eigenvalue weighted by molar-refractivity contribution is 5.79. The molecule has 1 N–H and O–H groups in total. The first-order chi connectivity index (χ1) is 7.22. The lowest BCUT2D eigenvalue weighted by atomic mass is 10.2. The molecule has 0 saturated carbocycles. The van der Waals surface area contributed by atoms with E-state index in [1.54, 1.807) is 0 Å². The van der Waals surface area contributed by atoms with Gasteiger partial charge in [0.2, 0.25) is 0 Å². The molecule has 0 fully saturated rings. The van der Waals surface area contributed by atoms with Crippen molar-refractivity contribution < 1.29 is 9.90 Å². The lowest BCUT2D eigenvalue weighted by Crippen LogP contribution is -2.22. The molecule has 1 aromatic carbocycles. The Kier molecular flexibility index (Phi) is 5.01. The fourth-order valence-electron chi connectivity index (χ4n) is 1.37. The van der Waals surface area contributed by atoms with E-state index in [2.05, 4.69) is 17.0 Å². The predicted octanol–water partition coefficient (Wildman–Crippen LogP) is 1.07. The minimum Gasteiger partial charge on any atom is -0.389 e. The van der Waals surface area contributed by atoms with Gasteiger partial charge in [0.25, 0.3) is 0 Å². The standard InChI is InChI=1S/C12H17NO2/c1-13(8-7-12(15)10-14)9-11-5-3-2-4-6-11/h2-6,14H,7-10H2,1H3. The average molecular weight is 207 g/mol. The van der Waals surface area contributed by atoms with Gasteiger partial charge < -0.3 is 10.0 Å². The van der Waals surface area contributed by atoms with Crippen LogP contribution < -0.4 is 0 Å². The van der Waals surface area contributed by atoms with Crippen molar-refractivity contribution in [3.05, 3.63) is 35.9 Å². The summed E-state index contributed by atoms with van der Waals surface area (Å²) in [6, 6.07) is 10.1. The van der Waals surface area contributed by atoms with E-state index in [-0.39, 0.29) is 12.4 Å². The van der Waals surface area contributed by atoms with Crippen LogP contribution in [0.15, 0.2) is 30.3 Å². The van der Waals surface area contributed by atoms with Crippen LogP contribution in [0.25, 0.3) is 0 Å². The maximum atomic E-state index is 10.9. The smallest absolute Gasteiger partial charge is 0.159 e. The fraction of sp³-hybridized carbons (Fsp3) is 0.417. The van der Waals surface area contributed by atoms with E-state index >= 15 is 0 Å². The summed E-state index contributed by atoms with van der Waals surface area (Å²) < 4.78 is 0. The summed E-state index contributed by atoms with van der Waals surface area (Å²) in [4.78, 5) is 13.0. The Bertz CT molecular complexity index is 298. The monoisotopic (exact) mass is 207 g/mol. The SMILES string of the molecule is CN(CCC(=O)CO)Cc1ccccc1. The van der Waals surface area contributed by atoms with Crippen molar-refractivity contribution in [2.24, 2.45) is 0 Å². The molecule has 0 radical (unpaired) electrons. The minimum absolute atomic E-state index is 0.102. The molecule has 3 heteroatoms. The van der Waals surface area contributed by atoms with E-state index in [4.69, 9.17) is 5.11 Å². The van der Waals surface area contributed by atoms with Crippen LogP contribution >= 0.6 is 0 Å². The van der Waals surface area contributed by atoms with Gasteiger partial charge in [-0.3, -0.25) is 4.79 Å². The van der Waals surface area contributed by atoms with Gasteiger partial charge in [-0.2, -0.15) is 0 Å². The van der Waals surface area contributed by atoms with Crippen molar-refractivity contribution in [1.29, 1.82) is 0 Å². The number of hydrogen-bond donors (Lipinski definition) is 1. The summed E-state index contributed by atoms with van der Waals surface area (Å²) >= 11 is 0. The van der Waals surface area contributed by atoms with Crippen LogP contribution in [0.3, 0.4) is 0 Å². The summed E-state index contributed by atoms with van der Waals surface area (Å²) in [5.41, 5.74) is 1.23. The Labute approximate surface area is 90.3 Å². The van der Waals surface area contributed by atoms with E-state index in [1.807, 2.05) is 25.2 Å². The predicted molar refractivity (Wildman–Crippen MR) is 59.5 cm³/mol. The molecule has 0 aliphatic carbocycles. The minimum atomic E-state index is -0.348. The van der Waals surface area contributed by atoms with Gasteiger partial charge in [-0.05, 0) is 12.6 Å². The molecule has 15 heavy (non-hydrogen) atoms. The van der Waals surface area contributed by atoms with Crippen LogP contribution in [0, 0.1) is 0 Å². The van der Waals surface area contributed by atoms with Crippen LogP contribution in [0.5, 0.6) is 0 Å². The van der Waals surface area contributed by atoms with E-state index in [9.17, 15) is 4.79 Å². The lowest BCUT2D eigenvalue weighted by molar-refractivity contribution is -0.122. The van der Waals surface area contributed by atoms with E-state index < -0.39 is 0 Å². The highest BCUT2D eigenvalue weighted by atomic mass is 16.3. The Morgan fingerprint density at radius 3 is 2.60 bits per heavy atom. The second-order valence-electron chi connectivity index (χ2n) is 3.67. The molecule has 0 atom stereocenters. The van der Waals surface area contributed by atoms with Gasteiger partial charge >= 0.3 is 0 Å². The summed E-state index contributed by atoms with van der Waals surface area (Å²) in [5, 5.41) is 8.57. The number of ketones is 1. The third kappa shape index (κ3) is 4.72. The van der Waals surface area contributed by atoms with Gasteiger partial charge in [0, 0.05) is 19.5 Å². The second-order valence-corrected chi connectivity index (χ2v) is 3.67. The molecule has 0 saturated heterocycles. The third-order valence-corrected chi connectivity index (χ3v) is 2.24. The average Bonchev–Trinajstić information content (AvgIpc) is 2.27. The Morgan fingerprint density at radius 1 is 1.33 bits per heavy atom. The molecular formula is C12H17NO2. The number of aliphatic hydroxyl groups is 1. The van der Waals surface area contributed by atoms with Crippen molar-refractivity contribution in [3.8, 4) is 0 Å². The lowest BCUT2D eigenvalue weighted by Gasteiger charge is -2.15. The van der Waals surface area contributed by atoms with Gasteiger partial charge in [-0.1, -0.05) is 30.3 Å². The number of rotatable bonds is 6. The van der Waals surface area contributed by atoms with Gasteiger partial charge in [-0.25, -0.2) is 0 Å². The Balaban J connectivity index is 2.30. The number of hydrogen-bond acceptors (Lipinski definition) is 3. The topological polar surface area (TPSA) is 40.5 Å². The summed E-state index contributed by atoms with van der Waals surface area (Å²) in [6.07, 6.45) is 0.417. The molecule has 0 aliphatic heterocycles. The molecule has 0 aromatic heterocycles. The molecule has 0 heterocycles. The fourth-order valence-corrected chi connectivity index (χ4v) is 1.37. The zero-order valence-corrected chi connectivity index (χ0v) is 9.02. The maximum absolute atomic E-state index is 10.9. The molecule has 82 valence electrons. The molecule has 0 unspecified atom stereocenters. The number of carbonyl (C=O) groups is 1. The van der Waals surface area contributed by atoms with Crippen molar-refractivity contribution in [3.63, 3.8) is 0 Å². The molecule has 0 spiro atoms. The first kappa shape index (κ1) is 11.9. The quantitative estimate of drug-likeness (QED) is 0.758. The van der Waals surface area contributed by atoms with Crippen molar-refractivity contribution in [2.75, 3.05) is 20.2 Å².